The summed E-state index contributed by atoms with van der Waals surface area (Å²) in [6.07, 6.45) is 0.855. The predicted octanol–water partition coefficient (Wildman–Crippen LogP) is 5.03. The van der Waals surface area contributed by atoms with Gasteiger partial charge in [-0.25, -0.2) is 4.98 Å². The van der Waals surface area contributed by atoms with E-state index in [9.17, 15) is 0 Å². The molecule has 5 heteroatoms. The van der Waals surface area contributed by atoms with E-state index in [2.05, 4.69) is 22.8 Å². The number of likely N-dealkylation sites (N-methyl/N-ethyl adjacent to an activating group) is 1. The van der Waals surface area contributed by atoms with Crippen LogP contribution in [0.25, 0.3) is 11.3 Å². The van der Waals surface area contributed by atoms with E-state index in [4.69, 9.17) is 16.6 Å². The summed E-state index contributed by atoms with van der Waals surface area (Å²) in [5.41, 5.74) is 2.21. The van der Waals surface area contributed by atoms with Gasteiger partial charge in [0, 0.05) is 28.3 Å². The quantitative estimate of drug-likeness (QED) is 0.708. The maximum absolute atomic E-state index is 6.23. The first kappa shape index (κ1) is 14.7. The molecule has 3 aromatic rings. The number of hydrogen-bond acceptors (Lipinski definition) is 4. The molecule has 0 spiro atoms. The molecular weight excluding hydrogens is 320 g/mol. The molecule has 1 aromatic carbocycles. The molecule has 0 saturated heterocycles. The van der Waals surface area contributed by atoms with Gasteiger partial charge >= 0.3 is 0 Å². The fourth-order valence-corrected chi connectivity index (χ4v) is 4.35. The molecule has 0 radical (unpaired) electrons. The van der Waals surface area contributed by atoms with Gasteiger partial charge in [0.05, 0.1) is 15.7 Å². The predicted molar refractivity (Wildman–Crippen MR) is 92.4 cm³/mol. The molecule has 2 heterocycles. The summed E-state index contributed by atoms with van der Waals surface area (Å²) in [6, 6.07) is 12.4. The molecule has 3 rings (SSSR count). The molecule has 0 fully saturated rings. The minimum Gasteiger partial charge on any atom is -0.312 e. The lowest BCUT2D eigenvalue weighted by Gasteiger charge is -2.13. The normalized spacial score (nSPS) is 12.5. The third kappa shape index (κ3) is 3.35. The Hall–Kier alpha value is -1.20. The zero-order valence-electron chi connectivity index (χ0n) is 11.5. The van der Waals surface area contributed by atoms with Gasteiger partial charge < -0.3 is 5.32 Å². The van der Waals surface area contributed by atoms with Crippen molar-refractivity contribution < 1.29 is 0 Å². The van der Waals surface area contributed by atoms with Crippen molar-refractivity contribution in [3.05, 3.63) is 62.1 Å². The molecule has 108 valence electrons. The van der Waals surface area contributed by atoms with Crippen LogP contribution in [0, 0.1) is 0 Å². The molecule has 2 nitrogen and oxygen atoms in total. The summed E-state index contributed by atoms with van der Waals surface area (Å²) in [7, 11) is 1.96. The van der Waals surface area contributed by atoms with Crippen molar-refractivity contribution in [1.29, 1.82) is 0 Å². The van der Waals surface area contributed by atoms with E-state index in [0.29, 0.717) is 0 Å². The van der Waals surface area contributed by atoms with E-state index in [-0.39, 0.29) is 6.04 Å². The van der Waals surface area contributed by atoms with Gasteiger partial charge in [-0.2, -0.15) is 0 Å². The number of nitrogens with one attached hydrogen (secondary N) is 1. The molecule has 21 heavy (non-hydrogen) atoms. The number of thiazole rings is 1. The van der Waals surface area contributed by atoms with Crippen LogP contribution in [0.15, 0.2) is 47.2 Å². The second kappa shape index (κ2) is 6.71. The summed E-state index contributed by atoms with van der Waals surface area (Å²) in [5.74, 6) is 0. The van der Waals surface area contributed by atoms with Crippen LogP contribution in [0.4, 0.5) is 0 Å². The molecule has 0 saturated carbocycles. The van der Waals surface area contributed by atoms with Crippen LogP contribution in [0.2, 0.25) is 5.02 Å². The third-order valence-corrected chi connectivity index (χ3v) is 5.65. The van der Waals surface area contributed by atoms with Gasteiger partial charge in [0.2, 0.25) is 0 Å². The number of rotatable bonds is 5. The first-order valence-electron chi connectivity index (χ1n) is 6.68. The summed E-state index contributed by atoms with van der Waals surface area (Å²) >= 11 is 9.62. The van der Waals surface area contributed by atoms with Crippen LogP contribution in [0.1, 0.15) is 15.9 Å². The van der Waals surface area contributed by atoms with E-state index >= 15 is 0 Å². The van der Waals surface area contributed by atoms with Gasteiger partial charge in [0.25, 0.3) is 0 Å². The summed E-state index contributed by atoms with van der Waals surface area (Å²) in [4.78, 5) is 5.92. The Morgan fingerprint density at radius 3 is 2.67 bits per heavy atom. The second-order valence-electron chi connectivity index (χ2n) is 4.67. The highest BCUT2D eigenvalue weighted by atomic mass is 35.5. The largest absolute Gasteiger partial charge is 0.312 e. The van der Waals surface area contributed by atoms with Crippen LogP contribution in [-0.2, 0) is 6.42 Å². The fourth-order valence-electron chi connectivity index (χ4n) is 2.20. The van der Waals surface area contributed by atoms with Gasteiger partial charge in [0.15, 0.2) is 0 Å². The lowest BCUT2D eigenvalue weighted by molar-refractivity contribution is 0.601. The Morgan fingerprint density at radius 2 is 2.00 bits per heavy atom. The van der Waals surface area contributed by atoms with Crippen molar-refractivity contribution in [2.75, 3.05) is 7.05 Å². The number of thiophene rings is 1. The van der Waals surface area contributed by atoms with Crippen LogP contribution in [-0.4, -0.2) is 12.0 Å². The van der Waals surface area contributed by atoms with Gasteiger partial charge in [-0.3, -0.25) is 0 Å². The highest BCUT2D eigenvalue weighted by molar-refractivity contribution is 7.11. The van der Waals surface area contributed by atoms with Crippen LogP contribution < -0.4 is 5.32 Å². The van der Waals surface area contributed by atoms with Crippen LogP contribution in [0.3, 0.4) is 0 Å². The minimum atomic E-state index is 0.215. The highest BCUT2D eigenvalue weighted by Crippen LogP contribution is 2.32. The molecule has 1 atom stereocenters. The molecule has 0 bridgehead atoms. The van der Waals surface area contributed by atoms with Crippen molar-refractivity contribution in [3.8, 4) is 11.3 Å². The number of benzene rings is 1. The van der Waals surface area contributed by atoms with Crippen LogP contribution in [0.5, 0.6) is 0 Å². The van der Waals surface area contributed by atoms with Crippen molar-refractivity contribution in [3.63, 3.8) is 0 Å². The Morgan fingerprint density at radius 1 is 1.19 bits per heavy atom. The smallest absolute Gasteiger partial charge is 0.0951 e. The fraction of sp³-hybridized carbons (Fsp3) is 0.188. The standard InChI is InChI=1S/C16H15ClN2S2/c1-18-13(16-12(17)7-8-20-16)9-15-19-14(10-21-15)11-5-3-2-4-6-11/h2-8,10,13,18H,9H2,1H3. The third-order valence-electron chi connectivity index (χ3n) is 3.31. The monoisotopic (exact) mass is 334 g/mol. The molecule has 0 aliphatic carbocycles. The second-order valence-corrected chi connectivity index (χ2v) is 6.97. The molecule has 0 aliphatic heterocycles. The molecule has 2 aromatic heterocycles. The molecular formula is C16H15ClN2S2. The van der Waals surface area contributed by atoms with Gasteiger partial charge in [0.1, 0.15) is 0 Å². The van der Waals surface area contributed by atoms with Gasteiger partial charge in [-0.15, -0.1) is 22.7 Å². The first-order valence-corrected chi connectivity index (χ1v) is 8.81. The first-order chi connectivity index (χ1) is 10.3. The Bertz CT molecular complexity index is 706. The van der Waals surface area contributed by atoms with Gasteiger partial charge in [-0.1, -0.05) is 41.9 Å². The number of halogens is 1. The Labute approximate surface area is 137 Å². The molecule has 1 unspecified atom stereocenters. The van der Waals surface area contributed by atoms with E-state index in [1.165, 1.54) is 4.88 Å². The van der Waals surface area contributed by atoms with Crippen molar-refractivity contribution >= 4 is 34.3 Å². The Kier molecular flexibility index (Phi) is 4.70. The SMILES string of the molecule is CNC(Cc1nc(-c2ccccc2)cs1)c1sccc1Cl. The molecule has 0 amide bonds. The lowest BCUT2D eigenvalue weighted by atomic mass is 10.1. The maximum Gasteiger partial charge on any atom is 0.0951 e. The summed E-state index contributed by atoms with van der Waals surface area (Å²) in [5, 5.41) is 9.44. The summed E-state index contributed by atoms with van der Waals surface area (Å²) < 4.78 is 0. The van der Waals surface area contributed by atoms with Gasteiger partial charge in [-0.05, 0) is 18.5 Å². The average molecular weight is 335 g/mol. The zero-order chi connectivity index (χ0) is 14.7. The van der Waals surface area contributed by atoms with Crippen molar-refractivity contribution in [1.82, 2.24) is 10.3 Å². The highest BCUT2D eigenvalue weighted by Gasteiger charge is 2.17. The average Bonchev–Trinajstić information content (AvgIpc) is 3.15. The van der Waals surface area contributed by atoms with E-state index in [1.54, 1.807) is 22.7 Å². The summed E-state index contributed by atoms with van der Waals surface area (Å²) in [6.45, 7) is 0. The van der Waals surface area contributed by atoms with Crippen LogP contribution >= 0.6 is 34.3 Å². The lowest BCUT2D eigenvalue weighted by Crippen LogP contribution is -2.17. The van der Waals surface area contributed by atoms with Crippen molar-refractivity contribution in [2.24, 2.45) is 0 Å². The Balaban J connectivity index is 1.79. The van der Waals surface area contributed by atoms with Crippen molar-refractivity contribution in [2.45, 2.75) is 12.5 Å². The number of hydrogen-bond donors (Lipinski definition) is 1. The van der Waals surface area contributed by atoms with E-state index < -0.39 is 0 Å². The molecule has 0 aliphatic rings. The minimum absolute atomic E-state index is 0.215. The number of nitrogens with zero attached hydrogens (tertiary/aromatic N) is 1. The topological polar surface area (TPSA) is 24.9 Å². The van der Waals surface area contributed by atoms with E-state index in [0.717, 1.165) is 27.7 Å². The molecule has 1 N–H and O–H groups in total. The maximum atomic E-state index is 6.23. The number of aromatic nitrogens is 1. The van der Waals surface area contributed by atoms with E-state index in [1.807, 2.05) is 36.7 Å². The zero-order valence-corrected chi connectivity index (χ0v) is 13.9.